The number of nitrogens with two attached hydrogens (primary N) is 1. The van der Waals surface area contributed by atoms with Gasteiger partial charge in [-0.25, -0.2) is 0 Å². The Morgan fingerprint density at radius 1 is 0.385 bits per heavy atom. The third kappa shape index (κ3) is 22.0. The number of rotatable bonds is 22. The van der Waals surface area contributed by atoms with E-state index in [4.69, 9.17) is 5.73 Å². The van der Waals surface area contributed by atoms with Crippen LogP contribution in [0, 0.1) is 0 Å². The zero-order chi connectivity index (χ0) is 19.1. The van der Waals surface area contributed by atoms with Crippen molar-refractivity contribution >= 4 is 0 Å². The Balaban J connectivity index is 3.12. The van der Waals surface area contributed by atoms with Crippen LogP contribution in [0.3, 0.4) is 0 Å². The third-order valence-corrected chi connectivity index (χ3v) is 5.86. The topological polar surface area (TPSA) is 26.0 Å². The summed E-state index contributed by atoms with van der Waals surface area (Å²) >= 11 is 0. The Morgan fingerprint density at radius 2 is 0.615 bits per heavy atom. The molecule has 0 spiro atoms. The van der Waals surface area contributed by atoms with Crippen LogP contribution in [0.4, 0.5) is 0 Å². The summed E-state index contributed by atoms with van der Waals surface area (Å²) < 4.78 is 0. The van der Waals surface area contributed by atoms with Crippen molar-refractivity contribution in [2.45, 2.75) is 161 Å². The first kappa shape index (κ1) is 26.0. The highest BCUT2D eigenvalue weighted by atomic mass is 14.6. The van der Waals surface area contributed by atoms with Gasteiger partial charge >= 0.3 is 0 Å². The van der Waals surface area contributed by atoms with Crippen LogP contribution in [0.5, 0.6) is 0 Å². The minimum absolute atomic E-state index is 0.470. The molecule has 0 aliphatic heterocycles. The summed E-state index contributed by atoms with van der Waals surface area (Å²) in [6, 6.07) is 0.470. The van der Waals surface area contributed by atoms with E-state index in [-0.39, 0.29) is 0 Å². The predicted octanol–water partition coefficient (Wildman–Crippen LogP) is 8.94. The highest BCUT2D eigenvalue weighted by molar-refractivity contribution is 4.62. The van der Waals surface area contributed by atoms with Crippen molar-refractivity contribution < 1.29 is 0 Å². The molecule has 0 amide bonds. The molecule has 0 aromatic carbocycles. The van der Waals surface area contributed by atoms with Gasteiger partial charge in [0.25, 0.3) is 0 Å². The quantitative estimate of drug-likeness (QED) is 0.190. The highest BCUT2D eigenvalue weighted by Crippen LogP contribution is 2.15. The van der Waals surface area contributed by atoms with Crippen molar-refractivity contribution in [2.24, 2.45) is 5.73 Å². The lowest BCUT2D eigenvalue weighted by molar-refractivity contribution is 0.478. The molecule has 0 radical (unpaired) electrons. The molecule has 0 saturated carbocycles. The number of hydrogen-bond donors (Lipinski definition) is 1. The van der Waals surface area contributed by atoms with Crippen LogP contribution >= 0.6 is 0 Å². The molecule has 0 unspecified atom stereocenters. The molecule has 0 atom stereocenters. The monoisotopic (exact) mass is 367 g/mol. The van der Waals surface area contributed by atoms with Crippen LogP contribution in [0.2, 0.25) is 0 Å². The average molecular weight is 368 g/mol. The molecule has 0 aromatic rings. The van der Waals surface area contributed by atoms with Gasteiger partial charge in [-0.2, -0.15) is 0 Å². The Morgan fingerprint density at radius 3 is 0.885 bits per heavy atom. The summed E-state index contributed by atoms with van der Waals surface area (Å²) in [7, 11) is 0. The first-order chi connectivity index (χ1) is 12.8. The van der Waals surface area contributed by atoms with Crippen LogP contribution in [0.1, 0.15) is 155 Å². The van der Waals surface area contributed by atoms with E-state index < -0.39 is 0 Å². The van der Waals surface area contributed by atoms with Crippen molar-refractivity contribution in [3.63, 3.8) is 0 Å². The van der Waals surface area contributed by atoms with Gasteiger partial charge in [-0.15, -0.1) is 0 Å². The molecule has 158 valence electrons. The largest absolute Gasteiger partial charge is 0.328 e. The summed E-state index contributed by atoms with van der Waals surface area (Å²) in [6.07, 6.45) is 31.0. The smallest absolute Gasteiger partial charge is 0.00388 e. The van der Waals surface area contributed by atoms with Gasteiger partial charge in [-0.1, -0.05) is 142 Å². The zero-order valence-corrected chi connectivity index (χ0v) is 18.7. The SMILES string of the molecule is CCCCCCCCCCCCC(N)CCCCCCCCCCCC. The fourth-order valence-electron chi connectivity index (χ4n) is 3.93. The van der Waals surface area contributed by atoms with E-state index in [0.717, 1.165) is 0 Å². The second-order valence-corrected chi connectivity index (χ2v) is 8.70. The summed E-state index contributed by atoms with van der Waals surface area (Å²) in [6.45, 7) is 4.59. The fourth-order valence-corrected chi connectivity index (χ4v) is 3.93. The molecular weight excluding hydrogens is 314 g/mol. The minimum Gasteiger partial charge on any atom is -0.328 e. The summed E-state index contributed by atoms with van der Waals surface area (Å²) in [5.74, 6) is 0. The lowest BCUT2D eigenvalue weighted by Crippen LogP contribution is -2.19. The Bertz CT molecular complexity index is 214. The molecule has 0 bridgehead atoms. The molecule has 0 aliphatic rings. The van der Waals surface area contributed by atoms with E-state index in [2.05, 4.69) is 13.8 Å². The van der Waals surface area contributed by atoms with Gasteiger partial charge < -0.3 is 5.73 Å². The molecule has 0 rings (SSSR count). The van der Waals surface area contributed by atoms with Crippen molar-refractivity contribution in [1.82, 2.24) is 0 Å². The van der Waals surface area contributed by atoms with Crippen molar-refractivity contribution in [3.8, 4) is 0 Å². The third-order valence-electron chi connectivity index (χ3n) is 5.86. The highest BCUT2D eigenvalue weighted by Gasteiger charge is 2.02. The van der Waals surface area contributed by atoms with Crippen LogP contribution in [-0.2, 0) is 0 Å². The van der Waals surface area contributed by atoms with Crippen LogP contribution in [0.25, 0.3) is 0 Å². The molecular formula is C25H53N. The lowest BCUT2D eigenvalue weighted by Gasteiger charge is -2.11. The molecule has 0 aromatic heterocycles. The Hall–Kier alpha value is -0.0400. The van der Waals surface area contributed by atoms with Crippen molar-refractivity contribution in [3.05, 3.63) is 0 Å². The number of unbranched alkanes of at least 4 members (excludes halogenated alkanes) is 18. The van der Waals surface area contributed by atoms with Gasteiger partial charge in [0.2, 0.25) is 0 Å². The predicted molar refractivity (Wildman–Crippen MR) is 121 cm³/mol. The maximum atomic E-state index is 6.29. The van der Waals surface area contributed by atoms with Gasteiger partial charge in [0.15, 0.2) is 0 Å². The summed E-state index contributed by atoms with van der Waals surface area (Å²) in [5.41, 5.74) is 6.29. The molecule has 0 saturated heterocycles. The van der Waals surface area contributed by atoms with E-state index in [1.807, 2.05) is 0 Å². The van der Waals surface area contributed by atoms with E-state index in [9.17, 15) is 0 Å². The van der Waals surface area contributed by atoms with Crippen molar-refractivity contribution in [2.75, 3.05) is 0 Å². The fraction of sp³-hybridized carbons (Fsp3) is 1.00. The standard InChI is InChI=1S/C25H53N/c1-3-5-7-9-11-13-15-17-19-21-23-25(26)24-22-20-18-16-14-12-10-8-6-4-2/h25H,3-24,26H2,1-2H3. The van der Waals surface area contributed by atoms with Gasteiger partial charge in [-0.3, -0.25) is 0 Å². The molecule has 1 nitrogen and oxygen atoms in total. The molecule has 26 heavy (non-hydrogen) atoms. The van der Waals surface area contributed by atoms with E-state index in [0.29, 0.717) is 6.04 Å². The normalized spacial score (nSPS) is 11.5. The molecule has 2 N–H and O–H groups in total. The van der Waals surface area contributed by atoms with Gasteiger partial charge in [0.05, 0.1) is 0 Å². The lowest BCUT2D eigenvalue weighted by atomic mass is 10.00. The van der Waals surface area contributed by atoms with E-state index in [1.165, 1.54) is 141 Å². The second-order valence-electron chi connectivity index (χ2n) is 8.70. The van der Waals surface area contributed by atoms with Crippen LogP contribution < -0.4 is 5.73 Å². The average Bonchev–Trinajstić information content (AvgIpc) is 2.64. The van der Waals surface area contributed by atoms with E-state index >= 15 is 0 Å². The first-order valence-corrected chi connectivity index (χ1v) is 12.6. The maximum Gasteiger partial charge on any atom is 0.00388 e. The van der Waals surface area contributed by atoms with Crippen LogP contribution in [-0.4, -0.2) is 6.04 Å². The van der Waals surface area contributed by atoms with Gasteiger partial charge in [0, 0.05) is 6.04 Å². The molecule has 0 heterocycles. The summed E-state index contributed by atoms with van der Waals surface area (Å²) in [4.78, 5) is 0. The van der Waals surface area contributed by atoms with Crippen LogP contribution in [0.15, 0.2) is 0 Å². The minimum atomic E-state index is 0.470. The molecule has 0 aliphatic carbocycles. The Labute approximate surface area is 167 Å². The van der Waals surface area contributed by atoms with E-state index in [1.54, 1.807) is 0 Å². The maximum absolute atomic E-state index is 6.29. The number of hydrogen-bond acceptors (Lipinski definition) is 1. The van der Waals surface area contributed by atoms with Gasteiger partial charge in [0.1, 0.15) is 0 Å². The summed E-state index contributed by atoms with van der Waals surface area (Å²) in [5, 5.41) is 0. The molecule has 0 fully saturated rings. The molecule has 1 heteroatoms. The van der Waals surface area contributed by atoms with Crippen molar-refractivity contribution in [1.29, 1.82) is 0 Å². The first-order valence-electron chi connectivity index (χ1n) is 12.6. The van der Waals surface area contributed by atoms with Gasteiger partial charge in [-0.05, 0) is 12.8 Å². The second kappa shape index (κ2) is 23.0. The Kier molecular flexibility index (Phi) is 23.0. The zero-order valence-electron chi connectivity index (χ0n) is 18.7.